The Hall–Kier alpha value is -1.62. The van der Waals surface area contributed by atoms with Crippen molar-refractivity contribution in [2.45, 2.75) is 19.8 Å². The van der Waals surface area contributed by atoms with Gasteiger partial charge in [0.2, 0.25) is 0 Å². The summed E-state index contributed by atoms with van der Waals surface area (Å²) in [5.74, 6) is 1.34. The zero-order chi connectivity index (χ0) is 13.2. The van der Waals surface area contributed by atoms with Gasteiger partial charge in [0, 0.05) is 18.5 Å². The zero-order valence-electron chi connectivity index (χ0n) is 10.8. The second-order valence-corrected chi connectivity index (χ2v) is 5.87. The molecule has 1 unspecified atom stereocenters. The average molecular weight is 276 g/mol. The number of rotatable bonds is 2. The van der Waals surface area contributed by atoms with Crippen molar-refractivity contribution in [1.82, 2.24) is 9.88 Å². The first-order chi connectivity index (χ1) is 9.24. The summed E-state index contributed by atoms with van der Waals surface area (Å²) >= 11 is 1.45. The van der Waals surface area contributed by atoms with Gasteiger partial charge in [0.15, 0.2) is 10.8 Å². The number of hydrogen-bond donors (Lipinski definition) is 0. The predicted molar refractivity (Wildman–Crippen MR) is 74.1 cm³/mol. The first kappa shape index (κ1) is 12.4. The fourth-order valence-corrected chi connectivity index (χ4v) is 3.18. The van der Waals surface area contributed by atoms with Crippen molar-refractivity contribution in [3.8, 4) is 10.8 Å². The molecule has 0 radical (unpaired) electrons. The second kappa shape index (κ2) is 5.17. The van der Waals surface area contributed by atoms with Crippen LogP contribution in [0.2, 0.25) is 0 Å². The molecule has 19 heavy (non-hydrogen) atoms. The van der Waals surface area contributed by atoms with E-state index in [1.807, 2.05) is 22.4 Å². The zero-order valence-corrected chi connectivity index (χ0v) is 11.7. The second-order valence-electron chi connectivity index (χ2n) is 5.01. The van der Waals surface area contributed by atoms with Crippen LogP contribution in [0.4, 0.5) is 0 Å². The summed E-state index contributed by atoms with van der Waals surface area (Å²) in [5, 5.41) is 2.58. The molecule has 0 N–H and O–H groups in total. The summed E-state index contributed by atoms with van der Waals surface area (Å²) in [6.07, 6.45) is 3.91. The van der Waals surface area contributed by atoms with Crippen LogP contribution >= 0.6 is 11.3 Å². The van der Waals surface area contributed by atoms with Crippen molar-refractivity contribution in [3.63, 3.8) is 0 Å². The van der Waals surface area contributed by atoms with Gasteiger partial charge in [-0.05, 0) is 30.9 Å². The number of thiazole rings is 1. The molecule has 0 aromatic carbocycles. The molecule has 1 fully saturated rings. The van der Waals surface area contributed by atoms with Crippen LogP contribution in [0.1, 0.15) is 30.3 Å². The number of nitrogens with zero attached hydrogens (tertiary/aromatic N) is 2. The molecule has 5 heteroatoms. The van der Waals surface area contributed by atoms with Gasteiger partial charge in [0.25, 0.3) is 5.91 Å². The quantitative estimate of drug-likeness (QED) is 0.845. The number of carbonyl (C=O) groups excluding carboxylic acids is 1. The predicted octanol–water partition coefficient (Wildman–Crippen LogP) is 3.28. The van der Waals surface area contributed by atoms with Crippen LogP contribution in [0.25, 0.3) is 10.8 Å². The topological polar surface area (TPSA) is 46.3 Å². The lowest BCUT2D eigenvalue weighted by atomic mass is 10.0. The molecule has 1 atom stereocenters. The fraction of sp³-hybridized carbons (Fsp3) is 0.429. The summed E-state index contributed by atoms with van der Waals surface area (Å²) in [7, 11) is 0. The molecule has 3 rings (SSSR count). The van der Waals surface area contributed by atoms with Crippen LogP contribution in [0.5, 0.6) is 0 Å². The monoisotopic (exact) mass is 276 g/mol. The Morgan fingerprint density at radius 3 is 3.21 bits per heavy atom. The van der Waals surface area contributed by atoms with Crippen molar-refractivity contribution < 1.29 is 9.21 Å². The maximum absolute atomic E-state index is 12.4. The van der Waals surface area contributed by atoms with Gasteiger partial charge in [-0.1, -0.05) is 6.92 Å². The molecule has 0 saturated carbocycles. The van der Waals surface area contributed by atoms with E-state index in [1.165, 1.54) is 17.8 Å². The van der Waals surface area contributed by atoms with Gasteiger partial charge in [-0.15, -0.1) is 11.3 Å². The third kappa shape index (κ3) is 2.56. The van der Waals surface area contributed by atoms with E-state index in [9.17, 15) is 4.79 Å². The van der Waals surface area contributed by atoms with Gasteiger partial charge < -0.3 is 9.32 Å². The number of piperidine rings is 1. The molecule has 2 aromatic rings. The van der Waals surface area contributed by atoms with E-state index in [0.29, 0.717) is 11.6 Å². The van der Waals surface area contributed by atoms with Crippen molar-refractivity contribution in [3.05, 3.63) is 29.5 Å². The number of carbonyl (C=O) groups is 1. The highest BCUT2D eigenvalue weighted by atomic mass is 32.1. The van der Waals surface area contributed by atoms with E-state index in [2.05, 4.69) is 11.9 Å². The van der Waals surface area contributed by atoms with Crippen molar-refractivity contribution in [2.24, 2.45) is 5.92 Å². The van der Waals surface area contributed by atoms with Crippen molar-refractivity contribution in [1.29, 1.82) is 0 Å². The third-order valence-electron chi connectivity index (χ3n) is 3.40. The van der Waals surface area contributed by atoms with Crippen LogP contribution in [-0.4, -0.2) is 28.9 Å². The van der Waals surface area contributed by atoms with Gasteiger partial charge >= 0.3 is 0 Å². The Kier molecular flexibility index (Phi) is 3.38. The number of likely N-dealkylation sites (tertiary alicyclic amines) is 1. The average Bonchev–Trinajstić information content (AvgIpc) is 3.08. The molecule has 3 heterocycles. The highest BCUT2D eigenvalue weighted by Gasteiger charge is 2.24. The molecule has 1 aliphatic rings. The Labute approximate surface area is 116 Å². The van der Waals surface area contributed by atoms with Crippen LogP contribution in [0.3, 0.4) is 0 Å². The van der Waals surface area contributed by atoms with Gasteiger partial charge in [0.1, 0.15) is 5.69 Å². The number of aromatic nitrogens is 1. The molecule has 1 saturated heterocycles. The number of hydrogen-bond acceptors (Lipinski definition) is 4. The molecule has 0 spiro atoms. The summed E-state index contributed by atoms with van der Waals surface area (Å²) in [6, 6.07) is 3.68. The number of furan rings is 1. The number of amides is 1. The Bertz CT molecular complexity index is 562. The van der Waals surface area contributed by atoms with E-state index in [-0.39, 0.29) is 5.91 Å². The summed E-state index contributed by atoms with van der Waals surface area (Å²) < 4.78 is 5.30. The smallest absolute Gasteiger partial charge is 0.273 e. The highest BCUT2D eigenvalue weighted by molar-refractivity contribution is 7.13. The van der Waals surface area contributed by atoms with Crippen molar-refractivity contribution >= 4 is 17.2 Å². The van der Waals surface area contributed by atoms with Crippen molar-refractivity contribution in [2.75, 3.05) is 13.1 Å². The highest BCUT2D eigenvalue weighted by Crippen LogP contribution is 2.25. The maximum atomic E-state index is 12.4. The Morgan fingerprint density at radius 2 is 2.47 bits per heavy atom. The molecule has 1 aliphatic heterocycles. The minimum atomic E-state index is 0.0422. The molecule has 0 aliphatic carbocycles. The lowest BCUT2D eigenvalue weighted by molar-refractivity contribution is 0.0678. The minimum absolute atomic E-state index is 0.0422. The Morgan fingerprint density at radius 1 is 1.58 bits per heavy atom. The standard InChI is InChI=1S/C14H16N2O2S/c1-10-4-2-6-16(8-10)14(17)11-9-19-13(15-11)12-5-3-7-18-12/h3,5,7,9-10H,2,4,6,8H2,1H3. The summed E-state index contributed by atoms with van der Waals surface area (Å²) in [6.45, 7) is 3.87. The first-order valence-electron chi connectivity index (χ1n) is 6.52. The Balaban J connectivity index is 1.77. The SMILES string of the molecule is CC1CCCN(C(=O)c2csc(-c3ccco3)n2)C1. The summed E-state index contributed by atoms with van der Waals surface area (Å²) in [5.41, 5.74) is 0.533. The molecular weight excluding hydrogens is 260 g/mol. The molecule has 1 amide bonds. The third-order valence-corrected chi connectivity index (χ3v) is 4.26. The normalized spacial score (nSPS) is 19.6. The molecular formula is C14H16N2O2S. The van der Waals surface area contributed by atoms with Gasteiger partial charge in [-0.2, -0.15) is 0 Å². The lowest BCUT2D eigenvalue weighted by Gasteiger charge is -2.30. The van der Waals surface area contributed by atoms with E-state index < -0.39 is 0 Å². The minimum Gasteiger partial charge on any atom is -0.462 e. The van der Waals surface area contributed by atoms with Crippen LogP contribution in [-0.2, 0) is 0 Å². The summed E-state index contributed by atoms with van der Waals surface area (Å²) in [4.78, 5) is 18.7. The van der Waals surface area contributed by atoms with E-state index in [1.54, 1.807) is 6.26 Å². The first-order valence-corrected chi connectivity index (χ1v) is 7.40. The van der Waals surface area contributed by atoms with E-state index >= 15 is 0 Å². The van der Waals surface area contributed by atoms with Crippen LogP contribution in [0, 0.1) is 5.92 Å². The largest absolute Gasteiger partial charge is 0.462 e. The van der Waals surface area contributed by atoms with E-state index in [0.717, 1.165) is 30.3 Å². The van der Waals surface area contributed by atoms with Crippen LogP contribution < -0.4 is 0 Å². The fourth-order valence-electron chi connectivity index (χ4n) is 2.42. The maximum Gasteiger partial charge on any atom is 0.273 e. The molecule has 0 bridgehead atoms. The molecule has 100 valence electrons. The van der Waals surface area contributed by atoms with Gasteiger partial charge in [0.05, 0.1) is 6.26 Å². The molecule has 4 nitrogen and oxygen atoms in total. The molecule has 2 aromatic heterocycles. The van der Waals surface area contributed by atoms with Crippen LogP contribution in [0.15, 0.2) is 28.2 Å². The van der Waals surface area contributed by atoms with E-state index in [4.69, 9.17) is 4.42 Å². The van der Waals surface area contributed by atoms with Gasteiger partial charge in [-0.3, -0.25) is 4.79 Å². The lowest BCUT2D eigenvalue weighted by Crippen LogP contribution is -2.39. The van der Waals surface area contributed by atoms with Gasteiger partial charge in [-0.25, -0.2) is 4.98 Å².